The van der Waals surface area contributed by atoms with E-state index in [-0.39, 0.29) is 11.8 Å². The summed E-state index contributed by atoms with van der Waals surface area (Å²) in [5, 5.41) is 10.3. The van der Waals surface area contributed by atoms with Crippen molar-refractivity contribution in [2.24, 2.45) is 0 Å². The normalized spacial score (nSPS) is 18.8. The lowest BCUT2D eigenvalue weighted by atomic mass is 9.84. The molecule has 0 bridgehead atoms. The van der Waals surface area contributed by atoms with Gasteiger partial charge in [0.1, 0.15) is 6.04 Å². The number of carbonyl (C=O) groups excluding carboxylic acids is 1. The van der Waals surface area contributed by atoms with Gasteiger partial charge in [0.15, 0.2) is 11.4 Å². The molecule has 14 heavy (non-hydrogen) atoms. The minimum Gasteiger partial charge on any atom is -0.376 e. The second-order valence-electron chi connectivity index (χ2n) is 4.87. The van der Waals surface area contributed by atoms with E-state index >= 15 is 0 Å². The van der Waals surface area contributed by atoms with E-state index in [9.17, 15) is 9.90 Å². The first-order chi connectivity index (χ1) is 6.20. The number of aliphatic hydroxyl groups is 1. The first-order valence-electron chi connectivity index (χ1n) is 5.24. The lowest BCUT2D eigenvalue weighted by molar-refractivity contribution is -0.902. The average Bonchev–Trinajstić information content (AvgIpc) is 2.02. The number of ketones is 1. The fraction of sp³-hybridized carbons (Fsp3) is 0.909. The van der Waals surface area contributed by atoms with Gasteiger partial charge in [0, 0.05) is 0 Å². The average molecular weight is 202 g/mol. The van der Waals surface area contributed by atoms with Crippen LogP contribution in [0, 0.1) is 0 Å². The van der Waals surface area contributed by atoms with Crippen molar-refractivity contribution < 1.29 is 14.4 Å². The first-order valence-corrected chi connectivity index (χ1v) is 5.24. The van der Waals surface area contributed by atoms with Gasteiger partial charge >= 0.3 is 0 Å². The smallest absolute Gasteiger partial charge is 0.174 e. The van der Waals surface area contributed by atoms with Gasteiger partial charge in [-0.1, -0.05) is 13.8 Å². The van der Waals surface area contributed by atoms with Gasteiger partial charge in [-0.15, -0.1) is 0 Å². The fourth-order valence-electron chi connectivity index (χ4n) is 2.25. The van der Waals surface area contributed by atoms with Crippen LogP contribution in [0.4, 0.5) is 0 Å². The van der Waals surface area contributed by atoms with Gasteiger partial charge in [-0.2, -0.15) is 0 Å². The molecule has 0 saturated heterocycles. The monoisotopic (exact) mass is 202 g/mol. The summed E-state index contributed by atoms with van der Waals surface area (Å²) in [6, 6.07) is -0.0370. The summed E-state index contributed by atoms with van der Waals surface area (Å²) in [4.78, 5) is 11.5. The Balaban J connectivity index is 5.07. The Labute approximate surface area is 87.3 Å². The second-order valence-corrected chi connectivity index (χ2v) is 4.87. The summed E-state index contributed by atoms with van der Waals surface area (Å²) in [6.45, 7) is 5.35. The predicted molar refractivity (Wildman–Crippen MR) is 58.0 cm³/mol. The first kappa shape index (κ1) is 13.6. The van der Waals surface area contributed by atoms with Crippen LogP contribution in [0.5, 0.6) is 0 Å². The maximum Gasteiger partial charge on any atom is 0.174 e. The zero-order chi connectivity index (χ0) is 11.6. The molecule has 0 aromatic carbocycles. The molecule has 0 saturated carbocycles. The van der Waals surface area contributed by atoms with Gasteiger partial charge in [-0.25, -0.2) is 0 Å². The number of quaternary nitrogens is 1. The van der Waals surface area contributed by atoms with E-state index < -0.39 is 5.60 Å². The summed E-state index contributed by atoms with van der Waals surface area (Å²) in [7, 11) is 6.03. The van der Waals surface area contributed by atoms with Crippen LogP contribution >= 0.6 is 0 Å². The topological polar surface area (TPSA) is 37.3 Å². The van der Waals surface area contributed by atoms with Gasteiger partial charge < -0.3 is 9.59 Å². The van der Waals surface area contributed by atoms with E-state index in [1.165, 1.54) is 6.92 Å². The SMILES string of the molecule is CCC(C(O)(CC)C(C)=O)[N+](C)(C)C. The summed E-state index contributed by atoms with van der Waals surface area (Å²) < 4.78 is 0.612. The third kappa shape index (κ3) is 2.55. The molecular weight excluding hydrogens is 178 g/mol. The molecule has 2 unspecified atom stereocenters. The predicted octanol–water partition coefficient (Wildman–Crippen LogP) is 1.20. The van der Waals surface area contributed by atoms with E-state index in [0.29, 0.717) is 10.9 Å². The Morgan fingerprint density at radius 3 is 1.86 bits per heavy atom. The van der Waals surface area contributed by atoms with E-state index in [1.807, 2.05) is 35.0 Å². The molecule has 3 heteroatoms. The zero-order valence-corrected chi connectivity index (χ0v) is 10.3. The lowest BCUT2D eigenvalue weighted by Crippen LogP contribution is -2.61. The molecule has 0 aromatic heterocycles. The van der Waals surface area contributed by atoms with E-state index in [0.717, 1.165) is 6.42 Å². The van der Waals surface area contributed by atoms with Gasteiger partial charge in [-0.05, 0) is 19.8 Å². The summed E-state index contributed by atoms with van der Waals surface area (Å²) in [5.74, 6) is -0.125. The molecule has 2 atom stereocenters. The molecule has 0 aliphatic rings. The molecule has 0 aliphatic heterocycles. The Morgan fingerprint density at radius 2 is 1.79 bits per heavy atom. The molecule has 0 rings (SSSR count). The highest BCUT2D eigenvalue weighted by atomic mass is 16.3. The molecule has 84 valence electrons. The van der Waals surface area contributed by atoms with Crippen LogP contribution in [0.1, 0.15) is 33.6 Å². The third-order valence-corrected chi connectivity index (χ3v) is 3.02. The van der Waals surface area contributed by atoms with Gasteiger partial charge in [0.25, 0.3) is 0 Å². The highest BCUT2D eigenvalue weighted by molar-refractivity contribution is 5.85. The Kier molecular flexibility index (Phi) is 4.28. The minimum atomic E-state index is -1.17. The van der Waals surface area contributed by atoms with Crippen molar-refractivity contribution in [3.8, 4) is 0 Å². The fourth-order valence-corrected chi connectivity index (χ4v) is 2.25. The minimum absolute atomic E-state index is 0.0370. The van der Waals surface area contributed by atoms with Crippen molar-refractivity contribution >= 4 is 5.78 Å². The molecule has 0 amide bonds. The van der Waals surface area contributed by atoms with E-state index in [1.54, 1.807) is 0 Å². The van der Waals surface area contributed by atoms with Crippen LogP contribution in [0.2, 0.25) is 0 Å². The Hall–Kier alpha value is -0.410. The van der Waals surface area contributed by atoms with Crippen molar-refractivity contribution in [3.05, 3.63) is 0 Å². The van der Waals surface area contributed by atoms with Crippen molar-refractivity contribution in [1.29, 1.82) is 0 Å². The number of likely N-dealkylation sites (N-methyl/N-ethyl adjacent to an activating group) is 1. The number of hydrogen-bond acceptors (Lipinski definition) is 2. The third-order valence-electron chi connectivity index (χ3n) is 3.02. The van der Waals surface area contributed by atoms with Crippen molar-refractivity contribution in [3.63, 3.8) is 0 Å². The van der Waals surface area contributed by atoms with E-state index in [4.69, 9.17) is 0 Å². The van der Waals surface area contributed by atoms with Gasteiger partial charge in [0.2, 0.25) is 0 Å². The molecule has 0 aliphatic carbocycles. The molecule has 0 aromatic rings. The number of hydrogen-bond donors (Lipinski definition) is 1. The van der Waals surface area contributed by atoms with Crippen LogP contribution < -0.4 is 0 Å². The standard InChI is InChI=1S/C11H24NO2/c1-7-10(12(4,5)6)11(14,8-2)9(3)13/h10,14H,7-8H2,1-6H3/q+1. The molecule has 0 radical (unpaired) electrons. The zero-order valence-electron chi connectivity index (χ0n) is 10.3. The maximum atomic E-state index is 11.5. The molecule has 0 heterocycles. The number of Topliss-reactive ketones (excluding diaryl/α,β-unsaturated/α-hetero) is 1. The second kappa shape index (κ2) is 4.41. The summed E-state index contributed by atoms with van der Waals surface area (Å²) in [5.41, 5.74) is -1.17. The van der Waals surface area contributed by atoms with Crippen LogP contribution in [0.15, 0.2) is 0 Å². The highest BCUT2D eigenvalue weighted by Gasteiger charge is 2.46. The number of nitrogens with zero attached hydrogens (tertiary/aromatic N) is 1. The van der Waals surface area contributed by atoms with Crippen LogP contribution in [0.3, 0.4) is 0 Å². The summed E-state index contributed by atoms with van der Waals surface area (Å²) in [6.07, 6.45) is 1.28. The molecule has 1 N–H and O–H groups in total. The van der Waals surface area contributed by atoms with Crippen molar-refractivity contribution in [1.82, 2.24) is 0 Å². The molecule has 0 spiro atoms. The Bertz CT molecular complexity index is 208. The molecule has 3 nitrogen and oxygen atoms in total. The van der Waals surface area contributed by atoms with Crippen molar-refractivity contribution in [2.75, 3.05) is 21.1 Å². The maximum absolute atomic E-state index is 11.5. The number of rotatable bonds is 5. The van der Waals surface area contributed by atoms with Crippen LogP contribution in [0.25, 0.3) is 0 Å². The highest BCUT2D eigenvalue weighted by Crippen LogP contribution is 2.26. The number of carbonyl (C=O) groups is 1. The summed E-state index contributed by atoms with van der Waals surface area (Å²) >= 11 is 0. The largest absolute Gasteiger partial charge is 0.376 e. The molecular formula is C11H24NO2+. The quantitative estimate of drug-likeness (QED) is 0.680. The lowest BCUT2D eigenvalue weighted by Gasteiger charge is -2.42. The van der Waals surface area contributed by atoms with Gasteiger partial charge in [0.05, 0.1) is 21.1 Å². The van der Waals surface area contributed by atoms with Crippen LogP contribution in [-0.2, 0) is 4.79 Å². The van der Waals surface area contributed by atoms with Crippen molar-refractivity contribution in [2.45, 2.75) is 45.3 Å². The molecule has 0 fully saturated rings. The van der Waals surface area contributed by atoms with Crippen LogP contribution in [-0.4, -0.2) is 48.2 Å². The van der Waals surface area contributed by atoms with E-state index in [2.05, 4.69) is 0 Å². The Morgan fingerprint density at radius 1 is 1.36 bits per heavy atom. The van der Waals surface area contributed by atoms with Gasteiger partial charge in [-0.3, -0.25) is 4.79 Å².